The van der Waals surface area contributed by atoms with Gasteiger partial charge in [0.05, 0.1) is 29.6 Å². The lowest BCUT2D eigenvalue weighted by Gasteiger charge is -2.54. The zero-order valence-electron chi connectivity index (χ0n) is 24.7. The van der Waals surface area contributed by atoms with Crippen molar-refractivity contribution in [3.63, 3.8) is 0 Å². The van der Waals surface area contributed by atoms with Crippen LogP contribution in [-0.2, 0) is 20.7 Å². The van der Waals surface area contributed by atoms with Crippen molar-refractivity contribution in [1.29, 1.82) is 0 Å². The molecule has 4 aliphatic heterocycles. The van der Waals surface area contributed by atoms with Gasteiger partial charge in [0, 0.05) is 43.0 Å². The largest absolute Gasteiger partial charge is 0.348 e. The smallest absolute Gasteiger partial charge is 0.246 e. The van der Waals surface area contributed by atoms with E-state index in [1.54, 1.807) is 11.8 Å². The molecule has 1 aromatic carbocycles. The van der Waals surface area contributed by atoms with Crippen molar-refractivity contribution >= 4 is 23.5 Å². The minimum atomic E-state index is -0.411. The molecule has 10 heteroatoms. The number of ketones is 1. The Morgan fingerprint density at radius 1 is 1.24 bits per heavy atom. The number of fused-ring (bicyclic) bond motifs is 2. The molecule has 3 N–H and O–H groups in total. The fourth-order valence-electron chi connectivity index (χ4n) is 7.79. The van der Waals surface area contributed by atoms with E-state index in [2.05, 4.69) is 64.5 Å². The SMILES string of the molecule is C=CC(=O)N1CCN(C2NC(OCC3CCCN3C)NC3C(=O)[C@@]4(CCC32)Cc2cc(C)ccc2S4)CC1CNC. The molecular weight excluding hydrogens is 536 g/mol. The minimum Gasteiger partial charge on any atom is -0.348 e. The molecule has 5 aliphatic rings. The highest BCUT2D eigenvalue weighted by Crippen LogP contribution is 2.53. The van der Waals surface area contributed by atoms with Gasteiger partial charge in [-0.25, -0.2) is 0 Å². The zero-order chi connectivity index (χ0) is 28.7. The van der Waals surface area contributed by atoms with Crippen molar-refractivity contribution in [3.05, 3.63) is 42.0 Å². The Labute approximate surface area is 248 Å². The molecule has 1 amide bonds. The maximum atomic E-state index is 14.5. The summed E-state index contributed by atoms with van der Waals surface area (Å²) in [7, 11) is 4.09. The van der Waals surface area contributed by atoms with Gasteiger partial charge in [-0.3, -0.25) is 25.1 Å². The Kier molecular flexibility index (Phi) is 8.62. The van der Waals surface area contributed by atoms with Crippen LogP contribution in [0, 0.1) is 12.8 Å². The number of nitrogens with zero attached hydrogens (tertiary/aromatic N) is 3. The lowest BCUT2D eigenvalue weighted by atomic mass is 9.72. The third-order valence-corrected chi connectivity index (χ3v) is 11.6. The van der Waals surface area contributed by atoms with E-state index >= 15 is 0 Å². The number of rotatable bonds is 7. The lowest BCUT2D eigenvalue weighted by molar-refractivity contribution is -0.144. The van der Waals surface area contributed by atoms with E-state index < -0.39 is 11.1 Å². The van der Waals surface area contributed by atoms with E-state index in [0.717, 1.165) is 45.3 Å². The number of carbonyl (C=O) groups is 2. The van der Waals surface area contributed by atoms with Gasteiger partial charge in [0.25, 0.3) is 0 Å². The predicted octanol–water partition coefficient (Wildman–Crippen LogP) is 1.56. The van der Waals surface area contributed by atoms with Gasteiger partial charge in [0.2, 0.25) is 5.91 Å². The van der Waals surface area contributed by atoms with Gasteiger partial charge in [-0.15, -0.1) is 11.8 Å². The Morgan fingerprint density at radius 3 is 2.85 bits per heavy atom. The first-order valence-corrected chi connectivity index (χ1v) is 16.1. The fourth-order valence-corrected chi connectivity index (χ4v) is 9.29. The number of likely N-dealkylation sites (tertiary alicyclic amines) is 1. The predicted molar refractivity (Wildman–Crippen MR) is 162 cm³/mol. The normalized spacial score (nSPS) is 36.0. The summed E-state index contributed by atoms with van der Waals surface area (Å²) in [5, 5.41) is 10.7. The van der Waals surface area contributed by atoms with E-state index in [1.165, 1.54) is 28.5 Å². The lowest BCUT2D eigenvalue weighted by Crippen LogP contribution is -2.75. The zero-order valence-corrected chi connectivity index (χ0v) is 25.5. The van der Waals surface area contributed by atoms with Crippen LogP contribution >= 0.6 is 11.8 Å². The van der Waals surface area contributed by atoms with Crippen molar-refractivity contribution in [3.8, 4) is 0 Å². The van der Waals surface area contributed by atoms with Gasteiger partial charge in [0.1, 0.15) is 0 Å². The van der Waals surface area contributed by atoms with Crippen LogP contribution in [0.2, 0.25) is 0 Å². The Hall–Kier alpha value is -1.79. The maximum Gasteiger partial charge on any atom is 0.246 e. The number of hydrogen-bond donors (Lipinski definition) is 3. The second-order valence-electron chi connectivity index (χ2n) is 12.6. The van der Waals surface area contributed by atoms with Crippen LogP contribution in [0.3, 0.4) is 0 Å². The van der Waals surface area contributed by atoms with Crippen LogP contribution in [0.1, 0.15) is 36.8 Å². The van der Waals surface area contributed by atoms with Crippen LogP contribution < -0.4 is 16.0 Å². The molecule has 6 rings (SSSR count). The summed E-state index contributed by atoms with van der Waals surface area (Å²) in [5.41, 5.74) is 2.56. The minimum absolute atomic E-state index is 0.00906. The molecule has 3 saturated heterocycles. The van der Waals surface area contributed by atoms with E-state index in [1.807, 2.05) is 11.9 Å². The van der Waals surface area contributed by atoms with Crippen LogP contribution in [0.5, 0.6) is 0 Å². The highest BCUT2D eigenvalue weighted by Gasteiger charge is 2.56. The van der Waals surface area contributed by atoms with Crippen molar-refractivity contribution in [2.75, 3.05) is 53.4 Å². The van der Waals surface area contributed by atoms with E-state index in [-0.39, 0.29) is 30.1 Å². The van der Waals surface area contributed by atoms with Crippen LogP contribution in [0.4, 0.5) is 0 Å². The molecule has 1 aromatic rings. The summed E-state index contributed by atoms with van der Waals surface area (Å²) in [6.45, 7) is 10.4. The van der Waals surface area contributed by atoms with Crippen LogP contribution in [0.25, 0.3) is 0 Å². The standard InChI is InChI=1S/C31H46N6O3S/c1-5-26(38)37-14-13-36(18-23(37)17-32-3)29-24-10-11-31(16-21-15-20(2)8-9-25(21)41-31)28(39)27(24)33-30(34-29)40-19-22-7-6-12-35(22)4/h5,8-9,15,22-24,27,29-30,32-34H,1,6-7,10-14,16-19H2,2-4H3/t22?,23?,24?,27?,29?,30?,31-/m1/s1. The van der Waals surface area contributed by atoms with Crippen molar-refractivity contribution < 1.29 is 14.3 Å². The molecule has 1 saturated carbocycles. The quantitative estimate of drug-likeness (QED) is 0.415. The summed E-state index contributed by atoms with van der Waals surface area (Å²) in [4.78, 5) is 35.1. The number of benzene rings is 1. The third kappa shape index (κ3) is 5.64. The van der Waals surface area contributed by atoms with E-state index in [4.69, 9.17) is 4.74 Å². The summed E-state index contributed by atoms with van der Waals surface area (Å²) in [6.07, 6.45) is 5.98. The molecule has 7 atom stereocenters. The van der Waals surface area contributed by atoms with Crippen LogP contribution in [0.15, 0.2) is 35.7 Å². The first-order chi connectivity index (χ1) is 19.8. The molecule has 224 valence electrons. The molecule has 41 heavy (non-hydrogen) atoms. The topological polar surface area (TPSA) is 89.2 Å². The average Bonchev–Trinajstić information content (AvgIpc) is 3.56. The summed E-state index contributed by atoms with van der Waals surface area (Å²) in [6, 6.07) is 6.76. The number of aryl methyl sites for hydroxylation is 1. The van der Waals surface area contributed by atoms with Gasteiger partial charge in [-0.2, -0.15) is 0 Å². The Bertz CT molecular complexity index is 1170. The maximum absolute atomic E-state index is 14.5. The summed E-state index contributed by atoms with van der Waals surface area (Å²) >= 11 is 1.78. The molecule has 0 aromatic heterocycles. The highest BCUT2D eigenvalue weighted by atomic mass is 32.2. The average molecular weight is 583 g/mol. The fraction of sp³-hybridized carbons (Fsp3) is 0.677. The van der Waals surface area contributed by atoms with Gasteiger partial charge < -0.3 is 19.9 Å². The number of nitrogens with one attached hydrogen (secondary N) is 3. The van der Waals surface area contributed by atoms with E-state index in [0.29, 0.717) is 31.5 Å². The van der Waals surface area contributed by atoms with Crippen molar-refractivity contribution in [2.45, 2.75) is 79.3 Å². The van der Waals surface area contributed by atoms with Crippen molar-refractivity contribution in [1.82, 2.24) is 30.7 Å². The molecule has 6 unspecified atom stereocenters. The van der Waals surface area contributed by atoms with Gasteiger partial charge in [0.15, 0.2) is 12.1 Å². The summed E-state index contributed by atoms with van der Waals surface area (Å²) in [5.74, 6) is 0.425. The second-order valence-corrected chi connectivity index (χ2v) is 14.1. The number of ether oxygens (including phenoxy) is 1. The number of Topliss-reactive ketones (excluding diaryl/α,β-unsaturated/α-hetero) is 1. The first kappa shape index (κ1) is 29.3. The second kappa shape index (κ2) is 12.1. The molecule has 1 aliphatic carbocycles. The monoisotopic (exact) mass is 582 g/mol. The number of thioether (sulfide) groups is 1. The Balaban J connectivity index is 1.23. The van der Waals surface area contributed by atoms with E-state index in [9.17, 15) is 9.59 Å². The van der Waals surface area contributed by atoms with Gasteiger partial charge in [-0.05, 0) is 77.4 Å². The molecule has 4 heterocycles. The molecule has 0 bridgehead atoms. The third-order valence-electron chi connectivity index (χ3n) is 10.0. The highest BCUT2D eigenvalue weighted by molar-refractivity contribution is 8.01. The summed E-state index contributed by atoms with van der Waals surface area (Å²) < 4.78 is 6.09. The number of piperazine rings is 1. The molecular formula is C31H46N6O3S. The molecule has 1 spiro atoms. The Morgan fingerprint density at radius 2 is 2.10 bits per heavy atom. The molecule has 9 nitrogen and oxygen atoms in total. The van der Waals surface area contributed by atoms with Gasteiger partial charge >= 0.3 is 0 Å². The molecule has 0 radical (unpaired) electrons. The number of amides is 1. The number of hydrogen-bond acceptors (Lipinski definition) is 9. The van der Waals surface area contributed by atoms with Crippen molar-refractivity contribution in [2.24, 2.45) is 5.92 Å². The van der Waals surface area contributed by atoms with Crippen LogP contribution in [-0.4, -0.2) is 115 Å². The number of carbonyl (C=O) groups excluding carboxylic acids is 2. The molecule has 4 fully saturated rings. The first-order valence-electron chi connectivity index (χ1n) is 15.3. The number of likely N-dealkylation sites (N-methyl/N-ethyl adjacent to an activating group) is 2. The van der Waals surface area contributed by atoms with Gasteiger partial charge in [-0.1, -0.05) is 24.3 Å².